The number of carbonyl (C=O) groups is 1. The SMILES string of the molecule is [2H]c1cc2c([2H])c([C@H](C)C(=O)O)cc([2H])c2cc1OC. The largest absolute Gasteiger partial charge is 0.497 e. The lowest BCUT2D eigenvalue weighted by Gasteiger charge is -2.08. The first-order valence-electron chi connectivity index (χ1n) is 6.68. The van der Waals surface area contributed by atoms with Crippen molar-refractivity contribution >= 4 is 16.7 Å². The molecular weight excluding hydrogens is 216 g/mol. The van der Waals surface area contributed by atoms with Crippen LogP contribution < -0.4 is 4.74 Å². The van der Waals surface area contributed by atoms with Crippen molar-refractivity contribution in [2.24, 2.45) is 0 Å². The molecule has 0 heterocycles. The van der Waals surface area contributed by atoms with Crippen LogP contribution in [0.3, 0.4) is 0 Å². The van der Waals surface area contributed by atoms with Crippen LogP contribution >= 0.6 is 0 Å². The van der Waals surface area contributed by atoms with Gasteiger partial charge in [-0.1, -0.05) is 24.2 Å². The lowest BCUT2D eigenvalue weighted by atomic mass is 9.98. The van der Waals surface area contributed by atoms with Gasteiger partial charge in [-0.2, -0.15) is 0 Å². The predicted octanol–water partition coefficient (Wildman–Crippen LogP) is 3.04. The maximum atomic E-state index is 11.1. The van der Waals surface area contributed by atoms with Crippen LogP contribution in [-0.4, -0.2) is 18.2 Å². The molecule has 0 amide bonds. The first-order valence-corrected chi connectivity index (χ1v) is 5.18. The minimum Gasteiger partial charge on any atom is -0.497 e. The molecule has 1 atom stereocenters. The van der Waals surface area contributed by atoms with Gasteiger partial charge in [-0.05, 0) is 35.4 Å². The van der Waals surface area contributed by atoms with E-state index in [0.717, 1.165) is 0 Å². The zero-order valence-electron chi connectivity index (χ0n) is 12.6. The Balaban J connectivity index is 2.79. The fourth-order valence-corrected chi connectivity index (χ4v) is 1.53. The summed E-state index contributed by atoms with van der Waals surface area (Å²) in [6.45, 7) is 1.48. The molecule has 0 saturated heterocycles. The van der Waals surface area contributed by atoms with E-state index < -0.39 is 11.9 Å². The minimum atomic E-state index is -1.04. The number of aliphatic carboxylic acids is 1. The summed E-state index contributed by atoms with van der Waals surface area (Å²) in [5.74, 6) is -1.59. The third-order valence-corrected chi connectivity index (χ3v) is 2.64. The van der Waals surface area contributed by atoms with Crippen LogP contribution in [0.1, 0.15) is 22.5 Å². The molecule has 0 saturated carbocycles. The molecule has 0 spiro atoms. The van der Waals surface area contributed by atoms with Crippen LogP contribution in [0.5, 0.6) is 5.75 Å². The number of carboxylic acid groups (broad SMARTS) is 1. The zero-order valence-corrected chi connectivity index (χ0v) is 9.57. The van der Waals surface area contributed by atoms with E-state index in [1.54, 1.807) is 0 Å². The second-order valence-electron chi connectivity index (χ2n) is 3.76. The standard InChI is InChI=1S/C14H14O3/c1-9(14(15)16)10-3-4-12-8-13(17-2)6-5-11(12)7-10/h3-9H,1-2H3,(H,15,16)/t9-/m0/s1/i4D,6D,7D. The maximum absolute atomic E-state index is 11.1. The van der Waals surface area contributed by atoms with Crippen molar-refractivity contribution in [3.63, 3.8) is 0 Å². The molecule has 1 N–H and O–H groups in total. The van der Waals surface area contributed by atoms with Crippen molar-refractivity contribution in [3.05, 3.63) is 41.9 Å². The van der Waals surface area contributed by atoms with E-state index in [2.05, 4.69) is 0 Å². The molecule has 3 nitrogen and oxygen atoms in total. The van der Waals surface area contributed by atoms with E-state index in [9.17, 15) is 4.79 Å². The molecule has 0 aliphatic rings. The summed E-state index contributed by atoms with van der Waals surface area (Å²) in [6, 6.07) is 4.64. The summed E-state index contributed by atoms with van der Waals surface area (Å²) in [7, 11) is 1.44. The van der Waals surface area contributed by atoms with Crippen LogP contribution in [0.25, 0.3) is 10.8 Å². The van der Waals surface area contributed by atoms with Crippen molar-refractivity contribution in [3.8, 4) is 5.75 Å². The van der Waals surface area contributed by atoms with Crippen molar-refractivity contribution in [2.75, 3.05) is 7.11 Å². The van der Waals surface area contributed by atoms with Gasteiger partial charge in [-0.15, -0.1) is 0 Å². The molecule has 0 aliphatic carbocycles. The van der Waals surface area contributed by atoms with Crippen molar-refractivity contribution < 1.29 is 18.8 Å². The fraction of sp³-hybridized carbons (Fsp3) is 0.214. The molecule has 0 unspecified atom stereocenters. The number of rotatable bonds is 3. The van der Waals surface area contributed by atoms with Gasteiger partial charge in [0.15, 0.2) is 0 Å². The van der Waals surface area contributed by atoms with E-state index >= 15 is 0 Å². The van der Waals surface area contributed by atoms with Gasteiger partial charge in [0.05, 0.1) is 17.1 Å². The highest BCUT2D eigenvalue weighted by Gasteiger charge is 2.13. The summed E-state index contributed by atoms with van der Waals surface area (Å²) in [4.78, 5) is 11.1. The Bertz CT molecular complexity index is 698. The highest BCUT2D eigenvalue weighted by Crippen LogP contribution is 2.25. The van der Waals surface area contributed by atoms with Gasteiger partial charge in [0.2, 0.25) is 0 Å². The monoisotopic (exact) mass is 233 g/mol. The molecule has 2 aromatic carbocycles. The van der Waals surface area contributed by atoms with E-state index in [0.29, 0.717) is 16.5 Å². The number of benzene rings is 2. The first kappa shape index (κ1) is 8.12. The van der Waals surface area contributed by atoms with E-state index in [-0.39, 0.29) is 23.7 Å². The summed E-state index contributed by atoms with van der Waals surface area (Å²) in [5, 5.41) is 9.93. The first-order chi connectivity index (χ1) is 9.36. The molecule has 0 bridgehead atoms. The Morgan fingerprint density at radius 2 is 2.18 bits per heavy atom. The predicted molar refractivity (Wildman–Crippen MR) is 66.6 cm³/mol. The van der Waals surface area contributed by atoms with Crippen LogP contribution in [0.4, 0.5) is 0 Å². The van der Waals surface area contributed by atoms with Gasteiger partial charge in [0.1, 0.15) is 5.75 Å². The average Bonchev–Trinajstić information content (AvgIpc) is 2.41. The van der Waals surface area contributed by atoms with Crippen LogP contribution in [0, 0.1) is 0 Å². The van der Waals surface area contributed by atoms with E-state index in [1.807, 2.05) is 0 Å². The van der Waals surface area contributed by atoms with Crippen LogP contribution in [0.2, 0.25) is 0 Å². The van der Waals surface area contributed by atoms with Gasteiger partial charge >= 0.3 is 5.97 Å². The molecule has 3 heteroatoms. The number of methoxy groups -OCH3 is 1. The number of ether oxygens (including phenoxy) is 1. The summed E-state index contributed by atoms with van der Waals surface area (Å²) in [5.41, 5.74) is 0.277. The van der Waals surface area contributed by atoms with Crippen LogP contribution in [0.15, 0.2) is 36.3 Å². The van der Waals surface area contributed by atoms with Gasteiger partial charge < -0.3 is 9.84 Å². The highest BCUT2D eigenvalue weighted by molar-refractivity contribution is 5.86. The number of carboxylic acids is 1. The molecule has 17 heavy (non-hydrogen) atoms. The molecule has 0 fully saturated rings. The smallest absolute Gasteiger partial charge is 0.310 e. The number of hydrogen-bond acceptors (Lipinski definition) is 2. The highest BCUT2D eigenvalue weighted by atomic mass is 16.5. The maximum Gasteiger partial charge on any atom is 0.310 e. The van der Waals surface area contributed by atoms with Gasteiger partial charge in [0, 0.05) is 0 Å². The normalized spacial score (nSPS) is 14.8. The zero-order chi connectivity index (χ0) is 15.0. The van der Waals surface area contributed by atoms with Crippen molar-refractivity contribution in [2.45, 2.75) is 12.8 Å². The summed E-state index contributed by atoms with van der Waals surface area (Å²) in [6.07, 6.45) is 0. The van der Waals surface area contributed by atoms with Gasteiger partial charge in [-0.3, -0.25) is 4.79 Å². The average molecular weight is 233 g/mol. The Kier molecular flexibility index (Phi) is 2.13. The Morgan fingerprint density at radius 3 is 2.82 bits per heavy atom. The molecule has 0 aromatic heterocycles. The van der Waals surface area contributed by atoms with Crippen LogP contribution in [-0.2, 0) is 4.79 Å². The van der Waals surface area contributed by atoms with E-state index in [1.165, 1.54) is 32.2 Å². The third kappa shape index (κ3) is 2.23. The number of hydrogen-bond donors (Lipinski definition) is 1. The minimum absolute atomic E-state index is 0.0436. The Morgan fingerprint density at radius 1 is 1.41 bits per heavy atom. The van der Waals surface area contributed by atoms with Gasteiger partial charge in [-0.25, -0.2) is 0 Å². The quantitative estimate of drug-likeness (QED) is 0.886. The second-order valence-corrected chi connectivity index (χ2v) is 3.76. The summed E-state index contributed by atoms with van der Waals surface area (Å²) < 4.78 is 28.9. The lowest BCUT2D eigenvalue weighted by molar-refractivity contribution is -0.138. The third-order valence-electron chi connectivity index (χ3n) is 2.64. The summed E-state index contributed by atoms with van der Waals surface area (Å²) >= 11 is 0. The number of fused-ring (bicyclic) bond motifs is 1. The van der Waals surface area contributed by atoms with E-state index in [4.69, 9.17) is 14.0 Å². The molecule has 2 aromatic rings. The molecule has 0 aliphatic heterocycles. The van der Waals surface area contributed by atoms with Crippen molar-refractivity contribution in [1.82, 2.24) is 0 Å². The lowest BCUT2D eigenvalue weighted by Crippen LogP contribution is -2.06. The topological polar surface area (TPSA) is 46.5 Å². The molecule has 0 radical (unpaired) electrons. The Hall–Kier alpha value is -2.03. The fourth-order valence-electron chi connectivity index (χ4n) is 1.53. The second kappa shape index (κ2) is 4.45. The van der Waals surface area contributed by atoms with Crippen molar-refractivity contribution in [1.29, 1.82) is 0 Å². The Labute approximate surface area is 104 Å². The van der Waals surface area contributed by atoms with Gasteiger partial charge in [0.25, 0.3) is 0 Å². The molecule has 2 rings (SSSR count). The molecule has 88 valence electrons. The molecular formula is C14H14O3.